The Morgan fingerprint density at radius 2 is 2.29 bits per heavy atom. The van der Waals surface area contributed by atoms with E-state index in [1.54, 1.807) is 13.0 Å². The number of nitrogens with one attached hydrogen (secondary N) is 1. The van der Waals surface area contributed by atoms with Gasteiger partial charge in [-0.05, 0) is 18.2 Å². The molecule has 0 fully saturated rings. The Bertz CT molecular complexity index is 573. The Kier molecular flexibility index (Phi) is 3.01. The quantitative estimate of drug-likeness (QED) is 0.875. The van der Waals surface area contributed by atoms with Gasteiger partial charge < -0.3 is 9.84 Å². The van der Waals surface area contributed by atoms with Crippen LogP contribution in [0.15, 0.2) is 22.7 Å². The minimum atomic E-state index is -0.462. The van der Waals surface area contributed by atoms with Crippen molar-refractivity contribution in [1.82, 2.24) is 10.1 Å². The standard InChI is InChI=1S/C11H9FN4O/c1-7-15-11(16-17-7)6-14-10-3-8(5-13)2-9(12)4-10/h2-4,14H,6H2,1H3. The van der Waals surface area contributed by atoms with Crippen LogP contribution in [0.1, 0.15) is 17.3 Å². The molecule has 0 spiro atoms. The van der Waals surface area contributed by atoms with E-state index in [1.165, 1.54) is 12.1 Å². The minimum Gasteiger partial charge on any atom is -0.377 e. The van der Waals surface area contributed by atoms with Crippen LogP contribution in [0.3, 0.4) is 0 Å². The molecule has 17 heavy (non-hydrogen) atoms. The second-order valence-electron chi connectivity index (χ2n) is 3.42. The fourth-order valence-corrected chi connectivity index (χ4v) is 1.35. The van der Waals surface area contributed by atoms with Gasteiger partial charge in [0.1, 0.15) is 5.82 Å². The van der Waals surface area contributed by atoms with Crippen molar-refractivity contribution in [3.05, 3.63) is 41.3 Å². The van der Waals surface area contributed by atoms with Gasteiger partial charge in [-0.1, -0.05) is 5.16 Å². The molecule has 5 nitrogen and oxygen atoms in total. The first-order valence-electron chi connectivity index (χ1n) is 4.91. The molecule has 0 aliphatic heterocycles. The van der Waals surface area contributed by atoms with Crippen molar-refractivity contribution in [3.8, 4) is 6.07 Å². The third kappa shape index (κ3) is 2.78. The number of aromatic nitrogens is 2. The summed E-state index contributed by atoms with van der Waals surface area (Å²) >= 11 is 0. The Hall–Kier alpha value is -2.42. The topological polar surface area (TPSA) is 74.7 Å². The molecule has 0 radical (unpaired) electrons. The fraction of sp³-hybridized carbons (Fsp3) is 0.182. The van der Waals surface area contributed by atoms with Crippen LogP contribution in [0.2, 0.25) is 0 Å². The molecule has 1 aromatic carbocycles. The first-order valence-corrected chi connectivity index (χ1v) is 4.91. The summed E-state index contributed by atoms with van der Waals surface area (Å²) in [6.07, 6.45) is 0. The first kappa shape index (κ1) is 11.1. The van der Waals surface area contributed by atoms with Crippen LogP contribution in [-0.2, 0) is 6.54 Å². The van der Waals surface area contributed by atoms with Gasteiger partial charge in [-0.15, -0.1) is 0 Å². The van der Waals surface area contributed by atoms with Crippen LogP contribution in [0.25, 0.3) is 0 Å². The van der Waals surface area contributed by atoms with E-state index in [4.69, 9.17) is 9.78 Å². The molecule has 0 unspecified atom stereocenters. The monoisotopic (exact) mass is 232 g/mol. The van der Waals surface area contributed by atoms with Gasteiger partial charge in [-0.3, -0.25) is 0 Å². The number of benzene rings is 1. The summed E-state index contributed by atoms with van der Waals surface area (Å²) in [6, 6.07) is 5.90. The molecule has 0 saturated heterocycles. The lowest BCUT2D eigenvalue weighted by molar-refractivity contribution is 0.388. The molecular formula is C11H9FN4O. The molecule has 0 aliphatic rings. The zero-order valence-electron chi connectivity index (χ0n) is 9.07. The molecule has 2 aromatic rings. The molecular weight excluding hydrogens is 223 g/mol. The summed E-state index contributed by atoms with van der Waals surface area (Å²) in [4.78, 5) is 3.99. The highest BCUT2D eigenvalue weighted by molar-refractivity contribution is 5.49. The Balaban J connectivity index is 2.09. The fourth-order valence-electron chi connectivity index (χ4n) is 1.35. The number of nitriles is 1. The zero-order valence-corrected chi connectivity index (χ0v) is 9.07. The van der Waals surface area contributed by atoms with E-state index in [0.717, 1.165) is 0 Å². The maximum absolute atomic E-state index is 13.1. The molecule has 2 rings (SSSR count). The van der Waals surface area contributed by atoms with Crippen LogP contribution in [0.4, 0.5) is 10.1 Å². The van der Waals surface area contributed by atoms with Gasteiger partial charge in [0.15, 0.2) is 5.82 Å². The summed E-state index contributed by atoms with van der Waals surface area (Å²) in [5, 5.41) is 15.3. The zero-order chi connectivity index (χ0) is 12.3. The second-order valence-corrected chi connectivity index (χ2v) is 3.42. The van der Waals surface area contributed by atoms with Crippen LogP contribution < -0.4 is 5.32 Å². The first-order chi connectivity index (χ1) is 8.17. The van der Waals surface area contributed by atoms with Crippen molar-refractivity contribution < 1.29 is 8.91 Å². The number of nitrogens with zero attached hydrogens (tertiary/aromatic N) is 3. The Morgan fingerprint density at radius 3 is 2.94 bits per heavy atom. The molecule has 0 bridgehead atoms. The molecule has 0 atom stereocenters. The van der Waals surface area contributed by atoms with Gasteiger partial charge in [-0.2, -0.15) is 10.2 Å². The van der Waals surface area contributed by atoms with E-state index < -0.39 is 5.82 Å². The largest absolute Gasteiger partial charge is 0.377 e. The van der Waals surface area contributed by atoms with Crippen molar-refractivity contribution in [2.24, 2.45) is 0 Å². The van der Waals surface area contributed by atoms with Gasteiger partial charge in [-0.25, -0.2) is 4.39 Å². The highest BCUT2D eigenvalue weighted by Crippen LogP contribution is 2.14. The maximum atomic E-state index is 13.1. The maximum Gasteiger partial charge on any atom is 0.223 e. The van der Waals surface area contributed by atoms with Gasteiger partial charge in [0, 0.05) is 12.6 Å². The normalized spacial score (nSPS) is 9.94. The lowest BCUT2D eigenvalue weighted by atomic mass is 10.2. The highest BCUT2D eigenvalue weighted by Gasteiger charge is 2.03. The van der Waals surface area contributed by atoms with E-state index in [9.17, 15) is 4.39 Å². The van der Waals surface area contributed by atoms with Gasteiger partial charge >= 0.3 is 0 Å². The van der Waals surface area contributed by atoms with Crippen molar-refractivity contribution in [1.29, 1.82) is 5.26 Å². The number of anilines is 1. The lowest BCUT2D eigenvalue weighted by Crippen LogP contribution is -2.02. The van der Waals surface area contributed by atoms with Gasteiger partial charge in [0.2, 0.25) is 5.89 Å². The predicted molar refractivity (Wildman–Crippen MR) is 57.5 cm³/mol. The Labute approximate surface area is 96.9 Å². The summed E-state index contributed by atoms with van der Waals surface area (Å²) in [5.74, 6) is 0.486. The van der Waals surface area contributed by atoms with Gasteiger partial charge in [0.05, 0.1) is 18.2 Å². The SMILES string of the molecule is Cc1nc(CNc2cc(F)cc(C#N)c2)no1. The third-order valence-electron chi connectivity index (χ3n) is 2.05. The van der Waals surface area contributed by atoms with E-state index in [1.807, 2.05) is 6.07 Å². The van der Waals surface area contributed by atoms with E-state index in [0.29, 0.717) is 23.9 Å². The van der Waals surface area contributed by atoms with Crippen LogP contribution in [0.5, 0.6) is 0 Å². The van der Waals surface area contributed by atoms with Crippen LogP contribution in [-0.4, -0.2) is 10.1 Å². The molecule has 0 aliphatic carbocycles. The van der Waals surface area contributed by atoms with E-state index in [-0.39, 0.29) is 5.56 Å². The smallest absolute Gasteiger partial charge is 0.223 e. The summed E-state index contributed by atoms with van der Waals surface area (Å²) in [7, 11) is 0. The van der Waals surface area contributed by atoms with E-state index >= 15 is 0 Å². The predicted octanol–water partition coefficient (Wildman–Crippen LogP) is 2.00. The number of aryl methyl sites for hydroxylation is 1. The average Bonchev–Trinajstić information content (AvgIpc) is 2.72. The lowest BCUT2D eigenvalue weighted by Gasteiger charge is -2.03. The minimum absolute atomic E-state index is 0.261. The van der Waals surface area contributed by atoms with Crippen molar-refractivity contribution >= 4 is 5.69 Å². The molecule has 1 aromatic heterocycles. The number of rotatable bonds is 3. The molecule has 0 amide bonds. The molecule has 1 N–H and O–H groups in total. The number of hydrogen-bond donors (Lipinski definition) is 1. The summed E-state index contributed by atoms with van der Waals surface area (Å²) in [5.41, 5.74) is 0.765. The molecule has 1 heterocycles. The highest BCUT2D eigenvalue weighted by atomic mass is 19.1. The second kappa shape index (κ2) is 4.61. The van der Waals surface area contributed by atoms with E-state index in [2.05, 4.69) is 15.5 Å². The molecule has 0 saturated carbocycles. The Morgan fingerprint density at radius 1 is 1.47 bits per heavy atom. The summed E-state index contributed by atoms with van der Waals surface area (Å²) in [6.45, 7) is 2.00. The third-order valence-corrected chi connectivity index (χ3v) is 2.05. The number of halogens is 1. The average molecular weight is 232 g/mol. The van der Waals surface area contributed by atoms with Crippen LogP contribution in [0, 0.1) is 24.1 Å². The van der Waals surface area contributed by atoms with Crippen molar-refractivity contribution in [2.75, 3.05) is 5.32 Å². The molecule has 86 valence electrons. The van der Waals surface area contributed by atoms with Gasteiger partial charge in [0.25, 0.3) is 0 Å². The molecule has 6 heteroatoms. The summed E-state index contributed by atoms with van der Waals surface area (Å²) < 4.78 is 17.9. The van der Waals surface area contributed by atoms with Crippen molar-refractivity contribution in [3.63, 3.8) is 0 Å². The number of hydrogen-bond acceptors (Lipinski definition) is 5. The van der Waals surface area contributed by atoms with Crippen molar-refractivity contribution in [2.45, 2.75) is 13.5 Å². The van der Waals surface area contributed by atoms with Crippen LogP contribution >= 0.6 is 0 Å².